The molecule has 2 aromatic carbocycles. The first-order valence-corrected chi connectivity index (χ1v) is 8.75. The van der Waals surface area contributed by atoms with Crippen LogP contribution in [-0.2, 0) is 20.3 Å². The quantitative estimate of drug-likeness (QED) is 0.825. The molecule has 2 rings (SSSR count). The highest BCUT2D eigenvalue weighted by Crippen LogP contribution is 2.19. The van der Waals surface area contributed by atoms with Gasteiger partial charge >= 0.3 is 5.97 Å². The van der Waals surface area contributed by atoms with Crippen LogP contribution in [0.25, 0.3) is 0 Å². The first-order chi connectivity index (χ1) is 11.8. The standard InChI is InChI=1S/C17H15F2NO4S/c1-10(16(21)20-15-12(18)7-5-8-13(15)19)24-17(22)11-6-3-4-9-14(11)25(2)23/h3-10H,1-2H3,(H,20,21)/t10-,25-/m0/s1. The molecule has 25 heavy (non-hydrogen) atoms. The number of carbonyl (C=O) groups excluding carboxylic acids is 2. The Bertz CT molecular complexity index is 821. The van der Waals surface area contributed by atoms with E-state index in [1.165, 1.54) is 25.3 Å². The third kappa shape index (κ3) is 4.48. The molecule has 0 aliphatic heterocycles. The number of anilines is 1. The molecule has 2 atom stereocenters. The molecule has 1 N–H and O–H groups in total. The summed E-state index contributed by atoms with van der Waals surface area (Å²) in [5, 5.41) is 2.05. The van der Waals surface area contributed by atoms with Gasteiger partial charge in [0.05, 0.1) is 21.3 Å². The van der Waals surface area contributed by atoms with E-state index < -0.39 is 46.1 Å². The fourth-order valence-corrected chi connectivity index (χ4v) is 2.74. The molecular formula is C17H15F2NO4S. The molecule has 0 aromatic heterocycles. The van der Waals surface area contributed by atoms with Gasteiger partial charge in [0, 0.05) is 6.26 Å². The van der Waals surface area contributed by atoms with E-state index in [0.717, 1.165) is 18.2 Å². The number of hydrogen-bond acceptors (Lipinski definition) is 4. The summed E-state index contributed by atoms with van der Waals surface area (Å²) in [6.45, 7) is 1.26. The van der Waals surface area contributed by atoms with E-state index in [-0.39, 0.29) is 10.5 Å². The zero-order valence-electron chi connectivity index (χ0n) is 13.4. The van der Waals surface area contributed by atoms with Gasteiger partial charge in [0.25, 0.3) is 5.91 Å². The van der Waals surface area contributed by atoms with E-state index >= 15 is 0 Å². The van der Waals surface area contributed by atoms with Crippen molar-refractivity contribution in [3.05, 3.63) is 59.7 Å². The van der Waals surface area contributed by atoms with E-state index in [1.54, 1.807) is 12.1 Å². The molecule has 0 saturated carbocycles. The minimum absolute atomic E-state index is 0.0556. The lowest BCUT2D eigenvalue weighted by Crippen LogP contribution is -2.31. The fourth-order valence-electron chi connectivity index (χ4n) is 2.01. The Balaban J connectivity index is 2.11. The Hall–Kier alpha value is -2.61. The van der Waals surface area contributed by atoms with E-state index in [2.05, 4.69) is 0 Å². The SMILES string of the molecule is C[C@H](OC(=O)c1ccccc1[S@](C)=O)C(=O)Nc1c(F)cccc1F. The Kier molecular flexibility index (Phi) is 5.97. The van der Waals surface area contributed by atoms with Gasteiger partial charge in [-0.15, -0.1) is 0 Å². The number of nitrogens with one attached hydrogen (secondary N) is 1. The minimum Gasteiger partial charge on any atom is -0.449 e. The van der Waals surface area contributed by atoms with Gasteiger partial charge in [0.15, 0.2) is 6.10 Å². The van der Waals surface area contributed by atoms with Crippen molar-refractivity contribution in [1.29, 1.82) is 0 Å². The first kappa shape index (κ1) is 18.7. The second-order valence-corrected chi connectivity index (χ2v) is 6.43. The summed E-state index contributed by atoms with van der Waals surface area (Å²) in [5.74, 6) is -3.65. The largest absolute Gasteiger partial charge is 0.449 e. The van der Waals surface area contributed by atoms with Gasteiger partial charge in [-0.25, -0.2) is 13.6 Å². The van der Waals surface area contributed by atoms with Crippen LogP contribution in [0, 0.1) is 11.6 Å². The van der Waals surface area contributed by atoms with Crippen molar-refractivity contribution in [1.82, 2.24) is 0 Å². The lowest BCUT2D eigenvalue weighted by molar-refractivity contribution is -0.123. The number of hydrogen-bond donors (Lipinski definition) is 1. The normalized spacial score (nSPS) is 13.0. The molecule has 8 heteroatoms. The highest BCUT2D eigenvalue weighted by molar-refractivity contribution is 7.84. The van der Waals surface area contributed by atoms with Crippen LogP contribution in [0.15, 0.2) is 47.4 Å². The predicted octanol–water partition coefficient (Wildman–Crippen LogP) is 2.89. The smallest absolute Gasteiger partial charge is 0.340 e. The summed E-state index contributed by atoms with van der Waals surface area (Å²) >= 11 is 0. The number of benzene rings is 2. The van der Waals surface area contributed by atoms with E-state index in [4.69, 9.17) is 4.74 Å². The van der Waals surface area contributed by atoms with Crippen LogP contribution in [0.4, 0.5) is 14.5 Å². The Morgan fingerprint density at radius 1 is 1.08 bits per heavy atom. The van der Waals surface area contributed by atoms with Gasteiger partial charge in [-0.05, 0) is 31.2 Å². The van der Waals surface area contributed by atoms with Crippen LogP contribution < -0.4 is 5.32 Å². The number of rotatable bonds is 5. The Labute approximate surface area is 145 Å². The molecule has 0 spiro atoms. The molecule has 0 fully saturated rings. The molecule has 0 bridgehead atoms. The van der Waals surface area contributed by atoms with Crippen LogP contribution in [0.5, 0.6) is 0 Å². The van der Waals surface area contributed by atoms with Crippen LogP contribution in [0.2, 0.25) is 0 Å². The number of carbonyl (C=O) groups is 2. The zero-order chi connectivity index (χ0) is 18.6. The highest BCUT2D eigenvalue weighted by Gasteiger charge is 2.23. The molecule has 2 aromatic rings. The molecule has 1 amide bonds. The number of halogens is 2. The van der Waals surface area contributed by atoms with Gasteiger partial charge in [0.1, 0.15) is 17.3 Å². The van der Waals surface area contributed by atoms with Gasteiger partial charge in [0.2, 0.25) is 0 Å². The first-order valence-electron chi connectivity index (χ1n) is 7.19. The number of ether oxygens (including phenoxy) is 1. The fraction of sp³-hybridized carbons (Fsp3) is 0.176. The maximum absolute atomic E-state index is 13.5. The third-order valence-electron chi connectivity index (χ3n) is 3.28. The lowest BCUT2D eigenvalue weighted by Gasteiger charge is -2.15. The molecule has 0 radical (unpaired) electrons. The van der Waals surface area contributed by atoms with E-state index in [0.29, 0.717) is 0 Å². The van der Waals surface area contributed by atoms with Crippen LogP contribution >= 0.6 is 0 Å². The number of para-hydroxylation sites is 1. The molecule has 0 aliphatic rings. The molecule has 132 valence electrons. The molecule has 0 aliphatic carbocycles. The molecular weight excluding hydrogens is 352 g/mol. The summed E-state index contributed by atoms with van der Waals surface area (Å²) in [4.78, 5) is 24.5. The topological polar surface area (TPSA) is 72.5 Å². The van der Waals surface area contributed by atoms with Crippen molar-refractivity contribution in [2.24, 2.45) is 0 Å². The zero-order valence-corrected chi connectivity index (χ0v) is 14.2. The average molecular weight is 367 g/mol. The van der Waals surface area contributed by atoms with Crippen molar-refractivity contribution < 1.29 is 27.3 Å². The second kappa shape index (κ2) is 7.98. The summed E-state index contributed by atoms with van der Waals surface area (Å²) in [6.07, 6.45) is 0.0910. The van der Waals surface area contributed by atoms with Gasteiger partial charge < -0.3 is 10.1 Å². The Morgan fingerprint density at radius 3 is 2.28 bits per heavy atom. The van der Waals surface area contributed by atoms with Crippen molar-refractivity contribution in [3.63, 3.8) is 0 Å². The van der Waals surface area contributed by atoms with Crippen LogP contribution in [0.3, 0.4) is 0 Å². The minimum atomic E-state index is -1.42. The van der Waals surface area contributed by atoms with Gasteiger partial charge in [-0.3, -0.25) is 9.00 Å². The maximum atomic E-state index is 13.5. The van der Waals surface area contributed by atoms with Crippen molar-refractivity contribution in [2.75, 3.05) is 11.6 Å². The monoisotopic (exact) mass is 367 g/mol. The molecule has 5 nitrogen and oxygen atoms in total. The second-order valence-electron chi connectivity index (χ2n) is 5.08. The van der Waals surface area contributed by atoms with E-state index in [1.807, 2.05) is 5.32 Å². The van der Waals surface area contributed by atoms with Gasteiger partial charge in [-0.2, -0.15) is 0 Å². The average Bonchev–Trinajstić information content (AvgIpc) is 2.57. The summed E-state index contributed by atoms with van der Waals surface area (Å²) in [6, 6.07) is 9.24. The van der Waals surface area contributed by atoms with Crippen LogP contribution in [0.1, 0.15) is 17.3 Å². The number of amides is 1. The van der Waals surface area contributed by atoms with Crippen molar-refractivity contribution >= 4 is 28.4 Å². The van der Waals surface area contributed by atoms with E-state index in [9.17, 15) is 22.6 Å². The lowest BCUT2D eigenvalue weighted by atomic mass is 10.2. The highest BCUT2D eigenvalue weighted by atomic mass is 32.2. The Morgan fingerprint density at radius 2 is 1.68 bits per heavy atom. The number of esters is 1. The van der Waals surface area contributed by atoms with Crippen LogP contribution in [-0.4, -0.2) is 28.4 Å². The maximum Gasteiger partial charge on any atom is 0.340 e. The van der Waals surface area contributed by atoms with Crippen molar-refractivity contribution in [3.8, 4) is 0 Å². The predicted molar refractivity (Wildman–Crippen MR) is 88.6 cm³/mol. The molecule has 0 unspecified atom stereocenters. The van der Waals surface area contributed by atoms with Gasteiger partial charge in [-0.1, -0.05) is 18.2 Å². The summed E-state index contributed by atoms with van der Waals surface area (Å²) in [7, 11) is -1.42. The molecule has 0 heterocycles. The molecule has 0 saturated heterocycles. The summed E-state index contributed by atoms with van der Waals surface area (Å²) in [5.41, 5.74) is -0.564. The third-order valence-corrected chi connectivity index (χ3v) is 4.26. The van der Waals surface area contributed by atoms with Crippen molar-refractivity contribution in [2.45, 2.75) is 17.9 Å². The summed E-state index contributed by atoms with van der Waals surface area (Å²) < 4.78 is 43.8.